The third kappa shape index (κ3) is 15.5. The molecule has 0 saturated carbocycles. The third-order valence-corrected chi connectivity index (χ3v) is 1.10. The fraction of sp³-hybridized carbons (Fsp3) is 0.400. The number of rotatable bonds is 5. The first kappa shape index (κ1) is 16.2. The van der Waals surface area contributed by atoms with E-state index in [9.17, 15) is 9.59 Å². The topological polar surface area (TPSA) is 52.6 Å². The van der Waals surface area contributed by atoms with Crippen LogP contribution >= 0.6 is 11.6 Å². The van der Waals surface area contributed by atoms with Gasteiger partial charge in [-0.2, -0.15) is 0 Å². The van der Waals surface area contributed by atoms with E-state index >= 15 is 0 Å². The van der Waals surface area contributed by atoms with Crippen LogP contribution in [0.15, 0.2) is 25.3 Å². The van der Waals surface area contributed by atoms with E-state index in [-0.39, 0.29) is 12.6 Å². The second-order valence-corrected chi connectivity index (χ2v) is 2.39. The summed E-state index contributed by atoms with van der Waals surface area (Å²) in [5, 5.41) is 0. The number of alkyl halides is 1. The van der Waals surface area contributed by atoms with Crippen molar-refractivity contribution in [3.63, 3.8) is 0 Å². The van der Waals surface area contributed by atoms with Gasteiger partial charge >= 0.3 is 11.9 Å². The van der Waals surface area contributed by atoms with Crippen molar-refractivity contribution in [3.8, 4) is 0 Å². The van der Waals surface area contributed by atoms with Crippen molar-refractivity contribution in [2.45, 2.75) is 6.92 Å². The highest BCUT2D eigenvalue weighted by atomic mass is 35.5. The monoisotopic (exact) mass is 234 g/mol. The summed E-state index contributed by atoms with van der Waals surface area (Å²) < 4.78 is 8.89. The van der Waals surface area contributed by atoms with E-state index in [0.29, 0.717) is 12.5 Å². The molecule has 0 atom stereocenters. The van der Waals surface area contributed by atoms with Gasteiger partial charge in [-0.25, -0.2) is 9.59 Å². The number of hydrogen-bond donors (Lipinski definition) is 0. The van der Waals surface area contributed by atoms with Crippen molar-refractivity contribution >= 4 is 23.5 Å². The lowest BCUT2D eigenvalue weighted by molar-refractivity contribution is -0.138. The molecule has 0 aromatic heterocycles. The Morgan fingerprint density at radius 1 is 1.20 bits per heavy atom. The van der Waals surface area contributed by atoms with Crippen LogP contribution in [0.5, 0.6) is 0 Å². The molecule has 0 rings (SSSR count). The molecule has 86 valence electrons. The first-order valence-electron chi connectivity index (χ1n) is 4.26. The van der Waals surface area contributed by atoms with E-state index in [4.69, 9.17) is 11.6 Å². The van der Waals surface area contributed by atoms with E-state index in [1.807, 2.05) is 0 Å². The lowest BCUT2D eigenvalue weighted by Gasteiger charge is -1.93. The first-order chi connectivity index (χ1) is 7.12. The second kappa shape index (κ2) is 12.7. The Hall–Kier alpha value is -1.29. The van der Waals surface area contributed by atoms with Gasteiger partial charge in [0.25, 0.3) is 0 Å². The summed E-state index contributed by atoms with van der Waals surface area (Å²) in [6.07, 6.45) is 2.25. The molecule has 0 unspecified atom stereocenters. The minimum atomic E-state index is -0.425. The lowest BCUT2D eigenvalue weighted by Crippen LogP contribution is -2.01. The zero-order chi connectivity index (χ0) is 12.1. The van der Waals surface area contributed by atoms with Crippen molar-refractivity contribution in [3.05, 3.63) is 25.3 Å². The molecular weight excluding hydrogens is 220 g/mol. The van der Waals surface area contributed by atoms with Crippen LogP contribution in [0.1, 0.15) is 6.92 Å². The van der Waals surface area contributed by atoms with Crippen LogP contribution in [0.25, 0.3) is 0 Å². The molecule has 0 aliphatic rings. The molecular formula is C10H15ClO4. The molecule has 0 aliphatic carbocycles. The van der Waals surface area contributed by atoms with Gasteiger partial charge in [-0.05, 0) is 6.92 Å². The zero-order valence-corrected chi connectivity index (χ0v) is 9.46. The van der Waals surface area contributed by atoms with Gasteiger partial charge in [-0.3, -0.25) is 0 Å². The SMILES string of the molecule is C=CC(=O)OCC.C=CC(=O)OCCCl. The second-order valence-electron chi connectivity index (χ2n) is 2.02. The van der Waals surface area contributed by atoms with Gasteiger partial charge in [0, 0.05) is 12.2 Å². The van der Waals surface area contributed by atoms with Crippen LogP contribution in [0.2, 0.25) is 0 Å². The predicted octanol–water partition coefficient (Wildman–Crippen LogP) is 1.69. The van der Waals surface area contributed by atoms with Crippen molar-refractivity contribution in [2.75, 3.05) is 19.1 Å². The average molecular weight is 235 g/mol. The molecule has 0 saturated heterocycles. The Labute approximate surface area is 94.5 Å². The van der Waals surface area contributed by atoms with Gasteiger partial charge in [0.2, 0.25) is 0 Å². The smallest absolute Gasteiger partial charge is 0.330 e. The molecule has 0 spiro atoms. The Balaban J connectivity index is 0. The maximum atomic E-state index is 10.2. The summed E-state index contributed by atoms with van der Waals surface area (Å²) in [7, 11) is 0. The summed E-state index contributed by atoms with van der Waals surface area (Å²) in [4.78, 5) is 20.2. The van der Waals surface area contributed by atoms with Crippen molar-refractivity contribution in [1.82, 2.24) is 0 Å². The van der Waals surface area contributed by atoms with Crippen LogP contribution in [0.4, 0.5) is 0 Å². The maximum absolute atomic E-state index is 10.2. The normalized spacial score (nSPS) is 7.87. The average Bonchev–Trinajstić information content (AvgIpc) is 2.26. The molecule has 4 nitrogen and oxygen atoms in total. The summed E-state index contributed by atoms with van der Waals surface area (Å²) in [5.74, 6) is -0.451. The molecule has 0 radical (unpaired) electrons. The molecule has 0 bridgehead atoms. The van der Waals surface area contributed by atoms with Gasteiger partial charge in [-0.1, -0.05) is 13.2 Å². The molecule has 0 N–H and O–H groups in total. The van der Waals surface area contributed by atoms with Crippen molar-refractivity contribution in [1.29, 1.82) is 0 Å². The summed E-state index contributed by atoms with van der Waals surface area (Å²) in [6, 6.07) is 0. The Morgan fingerprint density at radius 3 is 1.93 bits per heavy atom. The molecule has 15 heavy (non-hydrogen) atoms. The fourth-order valence-corrected chi connectivity index (χ4v) is 0.476. The lowest BCUT2D eigenvalue weighted by atomic mass is 10.6. The number of carbonyl (C=O) groups excluding carboxylic acids is 2. The van der Waals surface area contributed by atoms with Crippen molar-refractivity contribution < 1.29 is 19.1 Å². The number of ether oxygens (including phenoxy) is 2. The van der Waals surface area contributed by atoms with Crippen molar-refractivity contribution in [2.24, 2.45) is 0 Å². The van der Waals surface area contributed by atoms with Gasteiger partial charge in [0.1, 0.15) is 6.61 Å². The van der Waals surface area contributed by atoms with E-state index < -0.39 is 5.97 Å². The minimum absolute atomic E-state index is 0.256. The number of halogens is 1. The highest BCUT2D eigenvalue weighted by molar-refractivity contribution is 6.18. The van der Waals surface area contributed by atoms with Crippen LogP contribution in [-0.4, -0.2) is 31.0 Å². The first-order valence-corrected chi connectivity index (χ1v) is 4.80. The van der Waals surface area contributed by atoms with Crippen LogP contribution in [0.3, 0.4) is 0 Å². The number of carbonyl (C=O) groups is 2. The summed E-state index contributed by atoms with van der Waals surface area (Å²) in [6.45, 7) is 8.83. The van der Waals surface area contributed by atoms with Crippen LogP contribution in [0, 0.1) is 0 Å². The molecule has 0 heterocycles. The van der Waals surface area contributed by atoms with Gasteiger partial charge in [0.05, 0.1) is 12.5 Å². The molecule has 0 fully saturated rings. The Bertz CT molecular complexity index is 213. The number of esters is 2. The highest BCUT2D eigenvalue weighted by Gasteiger charge is 1.90. The van der Waals surface area contributed by atoms with Gasteiger partial charge in [-0.15, -0.1) is 11.6 Å². The third-order valence-electron chi connectivity index (χ3n) is 0.941. The highest BCUT2D eigenvalue weighted by Crippen LogP contribution is 1.80. The van der Waals surface area contributed by atoms with E-state index in [2.05, 4.69) is 22.6 Å². The zero-order valence-electron chi connectivity index (χ0n) is 8.70. The Kier molecular flexibility index (Phi) is 13.7. The standard InChI is InChI=1S/C5H7ClO2.C5H8O2/c1-2-5(7)8-4-3-6;1-3-5(6)7-4-2/h2H,1,3-4H2;3H,1,4H2,2H3. The van der Waals surface area contributed by atoms with E-state index in [1.165, 1.54) is 0 Å². The van der Waals surface area contributed by atoms with Gasteiger partial charge < -0.3 is 9.47 Å². The molecule has 0 amide bonds. The minimum Gasteiger partial charge on any atom is -0.463 e. The van der Waals surface area contributed by atoms with E-state index in [0.717, 1.165) is 12.2 Å². The Morgan fingerprint density at radius 2 is 1.67 bits per heavy atom. The van der Waals surface area contributed by atoms with E-state index in [1.54, 1.807) is 6.92 Å². The van der Waals surface area contributed by atoms with Crippen LogP contribution in [-0.2, 0) is 19.1 Å². The van der Waals surface area contributed by atoms with Crippen LogP contribution < -0.4 is 0 Å². The quantitative estimate of drug-likeness (QED) is 0.413. The summed E-state index contributed by atoms with van der Waals surface area (Å²) >= 11 is 5.19. The fourth-order valence-electron chi connectivity index (χ4n) is 0.399. The molecule has 5 heteroatoms. The maximum Gasteiger partial charge on any atom is 0.330 e. The predicted molar refractivity (Wildman–Crippen MR) is 58.7 cm³/mol. The largest absolute Gasteiger partial charge is 0.463 e. The molecule has 0 aliphatic heterocycles. The number of hydrogen-bond acceptors (Lipinski definition) is 4. The summed E-state index contributed by atoms with van der Waals surface area (Å²) in [5.41, 5.74) is 0. The molecule has 0 aromatic carbocycles. The molecule has 0 aromatic rings. The van der Waals surface area contributed by atoms with Gasteiger partial charge in [0.15, 0.2) is 0 Å².